The molecule has 0 aliphatic heterocycles. The molecule has 0 saturated heterocycles. The highest BCUT2D eigenvalue weighted by Gasteiger charge is 2.14. The van der Waals surface area contributed by atoms with Gasteiger partial charge < -0.3 is 10.5 Å². The summed E-state index contributed by atoms with van der Waals surface area (Å²) in [5.74, 6) is 0.679. The van der Waals surface area contributed by atoms with Crippen LogP contribution in [0.15, 0.2) is 54.6 Å². The highest BCUT2D eigenvalue weighted by molar-refractivity contribution is 6.31. The third-order valence-electron chi connectivity index (χ3n) is 3.35. The molecule has 2 N–H and O–H groups in total. The lowest BCUT2D eigenvalue weighted by Crippen LogP contribution is -2.01. The number of nitriles is 1. The smallest absolute Gasteiger partial charge is 0.222 e. The van der Waals surface area contributed by atoms with Crippen LogP contribution in [0.2, 0.25) is 5.15 Å². The van der Waals surface area contributed by atoms with E-state index in [1.807, 2.05) is 54.6 Å². The Morgan fingerprint density at radius 3 is 2.62 bits per heavy atom. The number of aromatic nitrogens is 2. The van der Waals surface area contributed by atoms with Crippen LogP contribution in [0.1, 0.15) is 11.1 Å². The number of benzene rings is 2. The molecule has 24 heavy (non-hydrogen) atoms. The largest absolute Gasteiger partial charge is 0.489 e. The van der Waals surface area contributed by atoms with E-state index >= 15 is 0 Å². The number of ether oxygens (including phenoxy) is 1. The van der Waals surface area contributed by atoms with E-state index < -0.39 is 0 Å². The topological polar surface area (TPSA) is 84.8 Å². The van der Waals surface area contributed by atoms with Crippen LogP contribution in [-0.4, -0.2) is 9.97 Å². The van der Waals surface area contributed by atoms with Crippen molar-refractivity contribution in [1.29, 1.82) is 5.26 Å². The molecule has 5 nitrogen and oxygen atoms in total. The summed E-state index contributed by atoms with van der Waals surface area (Å²) in [5, 5.41) is 9.32. The molecule has 0 bridgehead atoms. The molecule has 2 aromatic carbocycles. The van der Waals surface area contributed by atoms with Gasteiger partial charge in [-0.25, -0.2) is 4.98 Å². The molecular formula is C18H13ClN4O. The minimum Gasteiger partial charge on any atom is -0.489 e. The molecule has 0 radical (unpaired) electrons. The number of nitrogens with zero attached hydrogens (tertiary/aromatic N) is 3. The molecule has 0 aliphatic carbocycles. The molecule has 0 amide bonds. The molecule has 6 heteroatoms. The van der Waals surface area contributed by atoms with Gasteiger partial charge in [-0.3, -0.25) is 0 Å². The van der Waals surface area contributed by atoms with Crippen LogP contribution in [0.3, 0.4) is 0 Å². The minimum atomic E-state index is 0.0182. The van der Waals surface area contributed by atoms with Crippen molar-refractivity contribution in [2.45, 2.75) is 6.61 Å². The fourth-order valence-corrected chi connectivity index (χ4v) is 2.45. The van der Waals surface area contributed by atoms with Crippen LogP contribution in [0.25, 0.3) is 11.3 Å². The van der Waals surface area contributed by atoms with Gasteiger partial charge in [0.1, 0.15) is 24.0 Å². The highest BCUT2D eigenvalue weighted by Crippen LogP contribution is 2.29. The molecule has 0 atom stereocenters. The maximum Gasteiger partial charge on any atom is 0.222 e. The van der Waals surface area contributed by atoms with Crippen molar-refractivity contribution in [2.75, 3.05) is 5.73 Å². The molecule has 3 rings (SSSR count). The summed E-state index contributed by atoms with van der Waals surface area (Å²) < 4.78 is 5.80. The van der Waals surface area contributed by atoms with Gasteiger partial charge in [0, 0.05) is 5.56 Å². The number of rotatable bonds is 4. The zero-order chi connectivity index (χ0) is 16.9. The van der Waals surface area contributed by atoms with E-state index in [0.717, 1.165) is 5.56 Å². The fourth-order valence-electron chi connectivity index (χ4n) is 2.23. The summed E-state index contributed by atoms with van der Waals surface area (Å²) in [5.41, 5.74) is 7.97. The number of nitrogen functional groups attached to an aromatic ring is 1. The Bertz CT molecular complexity index is 907. The second-order valence-corrected chi connectivity index (χ2v) is 5.37. The first-order chi connectivity index (χ1) is 11.7. The van der Waals surface area contributed by atoms with Gasteiger partial charge in [0.15, 0.2) is 5.15 Å². The zero-order valence-corrected chi connectivity index (χ0v) is 13.4. The van der Waals surface area contributed by atoms with E-state index in [0.29, 0.717) is 23.6 Å². The molecule has 118 valence electrons. The lowest BCUT2D eigenvalue weighted by Gasteiger charge is -2.09. The second-order valence-electron chi connectivity index (χ2n) is 5.01. The summed E-state index contributed by atoms with van der Waals surface area (Å²) in [4.78, 5) is 7.95. The van der Waals surface area contributed by atoms with Crippen LogP contribution in [0.4, 0.5) is 5.95 Å². The number of halogens is 1. The first-order valence-corrected chi connectivity index (χ1v) is 7.55. The summed E-state index contributed by atoms with van der Waals surface area (Å²) in [7, 11) is 0. The van der Waals surface area contributed by atoms with Crippen molar-refractivity contribution < 1.29 is 4.74 Å². The summed E-state index contributed by atoms with van der Waals surface area (Å²) in [6, 6.07) is 19.1. The van der Waals surface area contributed by atoms with Gasteiger partial charge >= 0.3 is 0 Å². The Morgan fingerprint density at radius 2 is 1.88 bits per heavy atom. The molecule has 3 aromatic rings. The summed E-state index contributed by atoms with van der Waals surface area (Å²) in [6.07, 6.45) is 0. The van der Waals surface area contributed by atoms with Crippen LogP contribution in [-0.2, 0) is 6.61 Å². The van der Waals surface area contributed by atoms with Gasteiger partial charge in [-0.05, 0) is 17.7 Å². The second kappa shape index (κ2) is 6.99. The molecule has 0 saturated carbocycles. The molecule has 0 unspecified atom stereocenters. The molecule has 1 aromatic heterocycles. The van der Waals surface area contributed by atoms with Gasteiger partial charge in [0.25, 0.3) is 0 Å². The predicted molar refractivity (Wildman–Crippen MR) is 92.4 cm³/mol. The standard InChI is InChI=1S/C18H13ClN4O/c19-17-15(10-20)16(22-18(21)23-17)13-7-4-8-14(9-13)24-11-12-5-2-1-3-6-12/h1-9H,11H2,(H2,21,22,23). The number of anilines is 1. The molecule has 0 fully saturated rings. The summed E-state index contributed by atoms with van der Waals surface area (Å²) in [6.45, 7) is 0.446. The number of hydrogen-bond acceptors (Lipinski definition) is 5. The van der Waals surface area contributed by atoms with Gasteiger partial charge in [0.2, 0.25) is 5.95 Å². The SMILES string of the molecule is N#Cc1c(Cl)nc(N)nc1-c1cccc(OCc2ccccc2)c1. The lowest BCUT2D eigenvalue weighted by molar-refractivity contribution is 0.306. The molecular weight excluding hydrogens is 324 g/mol. The lowest BCUT2D eigenvalue weighted by atomic mass is 10.1. The Labute approximate surface area is 144 Å². The fraction of sp³-hybridized carbons (Fsp3) is 0.0556. The van der Waals surface area contributed by atoms with E-state index in [1.54, 1.807) is 6.07 Å². The summed E-state index contributed by atoms with van der Waals surface area (Å²) >= 11 is 5.98. The van der Waals surface area contributed by atoms with Crippen LogP contribution >= 0.6 is 11.6 Å². The van der Waals surface area contributed by atoms with Crippen LogP contribution in [0.5, 0.6) is 5.75 Å². The van der Waals surface area contributed by atoms with Crippen molar-refractivity contribution in [3.63, 3.8) is 0 Å². The first kappa shape index (κ1) is 15.8. The Morgan fingerprint density at radius 1 is 1.08 bits per heavy atom. The van der Waals surface area contributed by atoms with E-state index in [9.17, 15) is 5.26 Å². The van der Waals surface area contributed by atoms with Crippen LogP contribution < -0.4 is 10.5 Å². The van der Waals surface area contributed by atoms with E-state index in [-0.39, 0.29) is 16.7 Å². The third-order valence-corrected chi connectivity index (χ3v) is 3.62. The average Bonchev–Trinajstić information content (AvgIpc) is 2.60. The quantitative estimate of drug-likeness (QED) is 0.732. The van der Waals surface area contributed by atoms with E-state index in [2.05, 4.69) is 9.97 Å². The molecule has 0 aliphatic rings. The minimum absolute atomic E-state index is 0.0182. The van der Waals surface area contributed by atoms with Gasteiger partial charge in [-0.1, -0.05) is 54.1 Å². The first-order valence-electron chi connectivity index (χ1n) is 7.17. The average molecular weight is 337 g/mol. The van der Waals surface area contributed by atoms with Gasteiger partial charge in [0.05, 0.1) is 5.69 Å². The number of nitrogens with two attached hydrogens (primary N) is 1. The Kier molecular flexibility index (Phi) is 4.59. The van der Waals surface area contributed by atoms with E-state index in [4.69, 9.17) is 22.1 Å². The maximum atomic E-state index is 9.29. The predicted octanol–water partition coefficient (Wildman–Crippen LogP) is 3.83. The molecule has 1 heterocycles. The van der Waals surface area contributed by atoms with Crippen molar-refractivity contribution in [1.82, 2.24) is 9.97 Å². The molecule has 0 spiro atoms. The zero-order valence-electron chi connectivity index (χ0n) is 12.6. The third kappa shape index (κ3) is 3.45. The number of hydrogen-bond donors (Lipinski definition) is 1. The van der Waals surface area contributed by atoms with Crippen molar-refractivity contribution in [2.24, 2.45) is 0 Å². The van der Waals surface area contributed by atoms with Crippen LogP contribution in [0, 0.1) is 11.3 Å². The van der Waals surface area contributed by atoms with Crippen molar-refractivity contribution >= 4 is 17.5 Å². The van der Waals surface area contributed by atoms with Crippen molar-refractivity contribution in [3.05, 3.63) is 70.9 Å². The van der Waals surface area contributed by atoms with Gasteiger partial charge in [-0.15, -0.1) is 0 Å². The Balaban J connectivity index is 1.90. The normalized spacial score (nSPS) is 10.2. The Hall–Kier alpha value is -3.10. The monoisotopic (exact) mass is 336 g/mol. The maximum absolute atomic E-state index is 9.29. The van der Waals surface area contributed by atoms with E-state index in [1.165, 1.54) is 0 Å². The highest BCUT2D eigenvalue weighted by atomic mass is 35.5. The van der Waals surface area contributed by atoms with Gasteiger partial charge in [-0.2, -0.15) is 10.2 Å². The van der Waals surface area contributed by atoms with Crippen molar-refractivity contribution in [3.8, 4) is 23.1 Å².